The van der Waals surface area contributed by atoms with Gasteiger partial charge in [-0.15, -0.1) is 0 Å². The van der Waals surface area contributed by atoms with E-state index in [4.69, 9.17) is 0 Å². The Balaban J connectivity index is 2.27. The number of hydrogen-bond acceptors (Lipinski definition) is 5. The van der Waals surface area contributed by atoms with E-state index >= 15 is 0 Å². The molecule has 0 aliphatic rings. The molecule has 0 saturated heterocycles. The van der Waals surface area contributed by atoms with Gasteiger partial charge in [0.15, 0.2) is 0 Å². The molecule has 1 atom stereocenters. The van der Waals surface area contributed by atoms with Gasteiger partial charge in [-0.2, -0.15) is 15.3 Å². The summed E-state index contributed by atoms with van der Waals surface area (Å²) in [6.07, 6.45) is 2.39. The Morgan fingerprint density at radius 3 is 2.79 bits per heavy atom. The minimum Gasteiger partial charge on any atom is -0.313 e. The van der Waals surface area contributed by atoms with Gasteiger partial charge in [0.25, 0.3) is 0 Å². The summed E-state index contributed by atoms with van der Waals surface area (Å²) < 4.78 is 1.92. The Morgan fingerprint density at radius 2 is 2.11 bits per heavy atom. The van der Waals surface area contributed by atoms with Crippen LogP contribution in [0.2, 0.25) is 0 Å². The van der Waals surface area contributed by atoms with Crippen molar-refractivity contribution in [3.63, 3.8) is 0 Å². The van der Waals surface area contributed by atoms with Gasteiger partial charge in [0.2, 0.25) is 0 Å². The topological polar surface area (TPSA) is 68.5 Å². The average molecular weight is 260 g/mol. The van der Waals surface area contributed by atoms with Crippen molar-refractivity contribution >= 4 is 0 Å². The van der Waals surface area contributed by atoms with E-state index in [2.05, 4.69) is 38.6 Å². The Kier molecular flexibility index (Phi) is 4.21. The maximum atomic E-state index is 4.33. The van der Waals surface area contributed by atoms with E-state index in [1.54, 1.807) is 6.33 Å². The molecule has 0 saturated carbocycles. The van der Waals surface area contributed by atoms with Crippen LogP contribution in [0, 0.1) is 13.8 Å². The van der Waals surface area contributed by atoms with Crippen LogP contribution in [-0.2, 0) is 13.0 Å². The fourth-order valence-corrected chi connectivity index (χ4v) is 2.18. The molecule has 2 rings (SSSR count). The predicted molar refractivity (Wildman–Crippen MR) is 72.7 cm³/mol. The molecule has 0 fully saturated rings. The van der Waals surface area contributed by atoms with Crippen molar-refractivity contribution in [1.29, 1.82) is 0 Å². The lowest BCUT2D eigenvalue weighted by atomic mass is 10.0. The molecule has 0 bridgehead atoms. The van der Waals surface area contributed by atoms with Gasteiger partial charge in [-0.1, -0.05) is 0 Å². The lowest BCUT2D eigenvalue weighted by molar-refractivity contribution is 0.528. The predicted octanol–water partition coefficient (Wildman–Crippen LogP) is 1.21. The molecule has 2 aromatic rings. The van der Waals surface area contributed by atoms with Crippen molar-refractivity contribution in [2.24, 2.45) is 0 Å². The Labute approximate surface area is 113 Å². The quantitative estimate of drug-likeness (QED) is 0.875. The minimum absolute atomic E-state index is 0.170. The summed E-state index contributed by atoms with van der Waals surface area (Å²) in [5, 5.41) is 15.8. The normalized spacial score (nSPS) is 12.6. The van der Waals surface area contributed by atoms with Crippen molar-refractivity contribution in [2.45, 2.75) is 39.8 Å². The molecule has 6 heteroatoms. The number of nitrogens with zero attached hydrogens (tertiary/aromatic N) is 5. The zero-order valence-corrected chi connectivity index (χ0v) is 11.9. The van der Waals surface area contributed by atoms with E-state index in [1.807, 2.05) is 25.6 Å². The molecule has 0 radical (unpaired) electrons. The van der Waals surface area contributed by atoms with Gasteiger partial charge in [-0.05, 0) is 39.4 Å². The summed E-state index contributed by atoms with van der Waals surface area (Å²) in [6, 6.07) is 2.25. The maximum absolute atomic E-state index is 4.33. The largest absolute Gasteiger partial charge is 0.313 e. The smallest absolute Gasteiger partial charge is 0.138 e. The summed E-state index contributed by atoms with van der Waals surface area (Å²) in [6.45, 7) is 6.84. The zero-order chi connectivity index (χ0) is 13.8. The summed E-state index contributed by atoms with van der Waals surface area (Å²) in [7, 11) is 1.95. The van der Waals surface area contributed by atoms with Gasteiger partial charge in [0.1, 0.15) is 12.2 Å². The van der Waals surface area contributed by atoms with Gasteiger partial charge in [0, 0.05) is 19.0 Å². The molecular formula is C13H20N6. The van der Waals surface area contributed by atoms with E-state index < -0.39 is 0 Å². The molecule has 0 spiro atoms. The van der Waals surface area contributed by atoms with Crippen LogP contribution in [0.3, 0.4) is 0 Å². The number of rotatable bonds is 5. The summed E-state index contributed by atoms with van der Waals surface area (Å²) >= 11 is 0. The van der Waals surface area contributed by atoms with Crippen molar-refractivity contribution < 1.29 is 0 Å². The molecule has 1 N–H and O–H groups in total. The Hall–Kier alpha value is -1.82. The first-order chi connectivity index (χ1) is 9.15. The van der Waals surface area contributed by atoms with E-state index in [-0.39, 0.29) is 6.04 Å². The van der Waals surface area contributed by atoms with Gasteiger partial charge in [0.05, 0.1) is 11.4 Å². The summed E-state index contributed by atoms with van der Waals surface area (Å²) in [5.41, 5.74) is 3.05. The fourth-order valence-electron chi connectivity index (χ4n) is 2.18. The van der Waals surface area contributed by atoms with E-state index in [0.29, 0.717) is 0 Å². The molecule has 19 heavy (non-hydrogen) atoms. The number of nitrogens with one attached hydrogen (secondary N) is 1. The van der Waals surface area contributed by atoms with Crippen LogP contribution in [0.15, 0.2) is 12.4 Å². The van der Waals surface area contributed by atoms with Gasteiger partial charge >= 0.3 is 0 Å². The summed E-state index contributed by atoms with van der Waals surface area (Å²) in [5.74, 6) is 0.982. The molecular weight excluding hydrogens is 240 g/mol. The first kappa shape index (κ1) is 13.6. The fraction of sp³-hybridized carbons (Fsp3) is 0.538. The molecule has 1 unspecified atom stereocenters. The van der Waals surface area contributed by atoms with Gasteiger partial charge in [-0.25, -0.2) is 4.98 Å². The number of aryl methyl sites for hydroxylation is 3. The maximum Gasteiger partial charge on any atom is 0.138 e. The molecule has 6 nitrogen and oxygen atoms in total. The van der Waals surface area contributed by atoms with E-state index in [9.17, 15) is 0 Å². The standard InChI is InChI=1S/C13H20N6/c1-5-19-13(15-8-16-19)7-12(14-4)11-6-9(2)17-18-10(11)3/h6,8,12,14H,5,7H2,1-4H3. The monoisotopic (exact) mass is 260 g/mol. The highest BCUT2D eigenvalue weighted by Gasteiger charge is 2.17. The number of aromatic nitrogens is 5. The second-order valence-electron chi connectivity index (χ2n) is 4.56. The lowest BCUT2D eigenvalue weighted by Crippen LogP contribution is -2.22. The highest BCUT2D eigenvalue weighted by atomic mass is 15.3. The van der Waals surface area contributed by atoms with Crippen molar-refractivity contribution in [1.82, 2.24) is 30.3 Å². The second kappa shape index (κ2) is 5.88. The van der Waals surface area contributed by atoms with Gasteiger partial charge < -0.3 is 5.32 Å². The second-order valence-corrected chi connectivity index (χ2v) is 4.56. The summed E-state index contributed by atoms with van der Waals surface area (Å²) in [4.78, 5) is 4.33. The third-order valence-corrected chi connectivity index (χ3v) is 3.25. The van der Waals surface area contributed by atoms with Crippen LogP contribution < -0.4 is 5.32 Å². The number of hydrogen-bond donors (Lipinski definition) is 1. The minimum atomic E-state index is 0.170. The molecule has 0 amide bonds. The molecule has 102 valence electrons. The third kappa shape index (κ3) is 2.96. The molecule has 0 aromatic carbocycles. The van der Waals surface area contributed by atoms with Crippen molar-refractivity contribution in [2.75, 3.05) is 7.05 Å². The molecule has 2 aromatic heterocycles. The first-order valence-electron chi connectivity index (χ1n) is 6.50. The Morgan fingerprint density at radius 1 is 1.32 bits per heavy atom. The van der Waals surface area contributed by atoms with Crippen LogP contribution >= 0.6 is 0 Å². The van der Waals surface area contributed by atoms with Gasteiger partial charge in [-0.3, -0.25) is 4.68 Å². The zero-order valence-electron chi connectivity index (χ0n) is 11.9. The van der Waals surface area contributed by atoms with E-state index in [0.717, 1.165) is 30.2 Å². The first-order valence-corrected chi connectivity index (χ1v) is 6.50. The highest BCUT2D eigenvalue weighted by molar-refractivity contribution is 5.24. The molecule has 2 heterocycles. The average Bonchev–Trinajstić information content (AvgIpc) is 2.86. The number of likely N-dealkylation sites (N-methyl/N-ethyl adjacent to an activating group) is 1. The van der Waals surface area contributed by atoms with Crippen molar-refractivity contribution in [3.05, 3.63) is 35.2 Å². The van der Waals surface area contributed by atoms with Crippen LogP contribution in [0.4, 0.5) is 0 Å². The Bertz CT molecular complexity index is 548. The van der Waals surface area contributed by atoms with E-state index in [1.165, 1.54) is 5.56 Å². The van der Waals surface area contributed by atoms with Crippen molar-refractivity contribution in [3.8, 4) is 0 Å². The van der Waals surface area contributed by atoms with Crippen LogP contribution in [0.1, 0.15) is 35.7 Å². The van der Waals surface area contributed by atoms with Crippen LogP contribution in [0.25, 0.3) is 0 Å². The van der Waals surface area contributed by atoms with Crippen LogP contribution in [-0.4, -0.2) is 32.0 Å². The lowest BCUT2D eigenvalue weighted by Gasteiger charge is -2.18. The highest BCUT2D eigenvalue weighted by Crippen LogP contribution is 2.19. The molecule has 0 aliphatic heterocycles. The third-order valence-electron chi connectivity index (χ3n) is 3.25. The molecule has 0 aliphatic carbocycles. The van der Waals surface area contributed by atoms with Crippen LogP contribution in [0.5, 0.6) is 0 Å². The SMILES string of the molecule is CCn1ncnc1CC(NC)c1cc(C)nnc1C.